The van der Waals surface area contributed by atoms with Crippen LogP contribution in [0.25, 0.3) is 0 Å². The van der Waals surface area contributed by atoms with E-state index in [9.17, 15) is 14.7 Å². The van der Waals surface area contributed by atoms with E-state index in [2.05, 4.69) is 10.1 Å². The minimum atomic E-state index is -1.41. The van der Waals surface area contributed by atoms with Gasteiger partial charge in [0.25, 0.3) is 5.91 Å². The van der Waals surface area contributed by atoms with Crippen LogP contribution in [0.5, 0.6) is 5.75 Å². The number of carbonyl (C=O) groups is 2. The number of carbonyl (C=O) groups excluding carboxylic acids is 2. The van der Waals surface area contributed by atoms with Gasteiger partial charge >= 0.3 is 5.97 Å². The second-order valence-electron chi connectivity index (χ2n) is 3.92. The van der Waals surface area contributed by atoms with Crippen LogP contribution in [-0.4, -0.2) is 29.6 Å². The summed E-state index contributed by atoms with van der Waals surface area (Å²) in [6.45, 7) is 3.72. The molecule has 0 fully saturated rings. The Balaban J connectivity index is 2.79. The molecule has 0 saturated heterocycles. The van der Waals surface area contributed by atoms with E-state index in [4.69, 9.17) is 5.73 Å². The molecule has 6 nitrogen and oxygen atoms in total. The van der Waals surface area contributed by atoms with Crippen molar-refractivity contribution in [2.45, 2.75) is 26.3 Å². The number of rotatable bonds is 5. The van der Waals surface area contributed by atoms with Crippen molar-refractivity contribution >= 4 is 17.6 Å². The zero-order chi connectivity index (χ0) is 14.4. The summed E-state index contributed by atoms with van der Waals surface area (Å²) in [6, 6.07) is 3.44. The van der Waals surface area contributed by atoms with E-state index >= 15 is 0 Å². The van der Waals surface area contributed by atoms with Crippen LogP contribution in [0, 0.1) is 0 Å². The minimum Gasteiger partial charge on any atom is -0.506 e. The summed E-state index contributed by atoms with van der Waals surface area (Å²) in [7, 11) is 0. The molecule has 1 unspecified atom stereocenters. The molecule has 1 aromatic rings. The summed E-state index contributed by atoms with van der Waals surface area (Å²) in [5, 5.41) is 12.0. The first-order valence-corrected chi connectivity index (χ1v) is 6.04. The molecule has 1 aromatic carbocycles. The number of aryl methyl sites for hydroxylation is 1. The Labute approximate surface area is 111 Å². The van der Waals surface area contributed by atoms with Crippen molar-refractivity contribution in [2.75, 3.05) is 11.9 Å². The van der Waals surface area contributed by atoms with Crippen LogP contribution in [0.3, 0.4) is 0 Å². The Hall–Kier alpha value is -2.08. The van der Waals surface area contributed by atoms with Crippen LogP contribution in [0.2, 0.25) is 0 Å². The molecule has 0 saturated carbocycles. The van der Waals surface area contributed by atoms with Crippen molar-refractivity contribution < 1.29 is 19.4 Å². The maximum atomic E-state index is 11.7. The van der Waals surface area contributed by atoms with E-state index in [1.807, 2.05) is 6.92 Å². The van der Waals surface area contributed by atoms with Crippen molar-refractivity contribution in [2.24, 2.45) is 5.73 Å². The van der Waals surface area contributed by atoms with Crippen LogP contribution in [-0.2, 0) is 20.7 Å². The standard InChI is InChI=1S/C13H18N2O4/c1-3-8-5-6-10(16)9(7-8)15-12(17)11(14)13(18)19-4-2/h5-7,11,16H,3-4,14H2,1-2H3,(H,15,17). The van der Waals surface area contributed by atoms with Gasteiger partial charge in [-0.05, 0) is 31.0 Å². The summed E-state index contributed by atoms with van der Waals surface area (Å²) in [5.74, 6) is -1.60. The van der Waals surface area contributed by atoms with E-state index in [1.54, 1.807) is 19.1 Å². The summed E-state index contributed by atoms with van der Waals surface area (Å²) >= 11 is 0. The van der Waals surface area contributed by atoms with Gasteiger partial charge in [0.15, 0.2) is 6.04 Å². The van der Waals surface area contributed by atoms with E-state index in [0.29, 0.717) is 0 Å². The number of phenols is 1. The van der Waals surface area contributed by atoms with Crippen LogP contribution < -0.4 is 11.1 Å². The molecule has 0 radical (unpaired) electrons. The van der Waals surface area contributed by atoms with Crippen molar-refractivity contribution in [3.63, 3.8) is 0 Å². The molecule has 0 bridgehead atoms. The highest BCUT2D eigenvalue weighted by molar-refractivity contribution is 6.08. The Morgan fingerprint density at radius 1 is 1.42 bits per heavy atom. The third-order valence-corrected chi connectivity index (χ3v) is 2.55. The van der Waals surface area contributed by atoms with Crippen molar-refractivity contribution in [1.82, 2.24) is 0 Å². The normalized spacial score (nSPS) is 11.7. The number of ether oxygens (including phenoxy) is 1. The number of nitrogens with two attached hydrogens (primary N) is 1. The molecule has 0 heterocycles. The van der Waals surface area contributed by atoms with Crippen molar-refractivity contribution in [3.05, 3.63) is 23.8 Å². The van der Waals surface area contributed by atoms with Gasteiger partial charge in [-0.3, -0.25) is 4.79 Å². The molecule has 0 aromatic heterocycles. The van der Waals surface area contributed by atoms with Gasteiger partial charge in [-0.25, -0.2) is 4.79 Å². The average molecular weight is 266 g/mol. The summed E-state index contributed by atoms with van der Waals surface area (Å²) in [6.07, 6.45) is 0.757. The van der Waals surface area contributed by atoms with Gasteiger partial charge in [-0.1, -0.05) is 13.0 Å². The number of esters is 1. The number of phenolic OH excluding ortho intramolecular Hbond substituents is 1. The summed E-state index contributed by atoms with van der Waals surface area (Å²) in [5.41, 5.74) is 6.62. The molecule has 0 aliphatic carbocycles. The lowest BCUT2D eigenvalue weighted by molar-refractivity contribution is -0.146. The van der Waals surface area contributed by atoms with Gasteiger partial charge in [0.2, 0.25) is 0 Å². The second kappa shape index (κ2) is 6.75. The Kier molecular flexibility index (Phi) is 5.32. The maximum absolute atomic E-state index is 11.7. The molecule has 6 heteroatoms. The summed E-state index contributed by atoms with van der Waals surface area (Å²) < 4.78 is 4.65. The van der Waals surface area contributed by atoms with Crippen LogP contribution >= 0.6 is 0 Å². The first-order chi connectivity index (χ1) is 8.99. The molecular formula is C13H18N2O4. The van der Waals surface area contributed by atoms with Gasteiger partial charge in [0.05, 0.1) is 12.3 Å². The largest absolute Gasteiger partial charge is 0.506 e. The van der Waals surface area contributed by atoms with E-state index < -0.39 is 17.9 Å². The second-order valence-corrected chi connectivity index (χ2v) is 3.92. The lowest BCUT2D eigenvalue weighted by atomic mass is 10.1. The van der Waals surface area contributed by atoms with Crippen molar-refractivity contribution in [1.29, 1.82) is 0 Å². The fourth-order valence-electron chi connectivity index (χ4n) is 1.45. The molecule has 104 valence electrons. The van der Waals surface area contributed by atoms with E-state index in [1.165, 1.54) is 6.07 Å². The van der Waals surface area contributed by atoms with Gasteiger partial charge in [-0.2, -0.15) is 0 Å². The molecule has 0 aliphatic heterocycles. The highest BCUT2D eigenvalue weighted by Crippen LogP contribution is 2.24. The smallest absolute Gasteiger partial charge is 0.332 e. The van der Waals surface area contributed by atoms with E-state index in [-0.39, 0.29) is 18.0 Å². The fourth-order valence-corrected chi connectivity index (χ4v) is 1.45. The van der Waals surface area contributed by atoms with Crippen LogP contribution in [0.1, 0.15) is 19.4 Å². The third-order valence-electron chi connectivity index (χ3n) is 2.55. The number of nitrogens with one attached hydrogen (secondary N) is 1. The third kappa shape index (κ3) is 3.96. The molecular weight excluding hydrogens is 248 g/mol. The first kappa shape index (κ1) is 15.0. The average Bonchev–Trinajstić information content (AvgIpc) is 2.40. The minimum absolute atomic E-state index is 0.0818. The number of aromatic hydroxyl groups is 1. The Morgan fingerprint density at radius 3 is 2.68 bits per heavy atom. The number of benzene rings is 1. The Bertz CT molecular complexity index is 474. The molecule has 1 amide bonds. The molecule has 4 N–H and O–H groups in total. The quantitative estimate of drug-likeness (QED) is 0.415. The molecule has 0 spiro atoms. The zero-order valence-corrected chi connectivity index (χ0v) is 11.0. The van der Waals surface area contributed by atoms with Crippen molar-refractivity contribution in [3.8, 4) is 5.75 Å². The van der Waals surface area contributed by atoms with Crippen LogP contribution in [0.15, 0.2) is 18.2 Å². The predicted molar refractivity (Wildman–Crippen MR) is 70.7 cm³/mol. The molecule has 1 rings (SSSR count). The SMILES string of the molecule is CCOC(=O)C(N)C(=O)Nc1cc(CC)ccc1O. The maximum Gasteiger partial charge on any atom is 0.332 e. The topological polar surface area (TPSA) is 102 Å². The lowest BCUT2D eigenvalue weighted by Gasteiger charge is -2.12. The number of anilines is 1. The molecule has 1 atom stereocenters. The number of hydrogen-bond donors (Lipinski definition) is 3. The Morgan fingerprint density at radius 2 is 2.11 bits per heavy atom. The van der Waals surface area contributed by atoms with E-state index in [0.717, 1.165) is 12.0 Å². The predicted octanol–water partition coefficient (Wildman–Crippen LogP) is 0.783. The van der Waals surface area contributed by atoms with Gasteiger partial charge in [0.1, 0.15) is 5.75 Å². The highest BCUT2D eigenvalue weighted by Gasteiger charge is 2.24. The lowest BCUT2D eigenvalue weighted by Crippen LogP contribution is -2.43. The molecule has 0 aliphatic rings. The number of amides is 1. The molecule has 19 heavy (non-hydrogen) atoms. The van der Waals surface area contributed by atoms with Crippen LogP contribution in [0.4, 0.5) is 5.69 Å². The monoisotopic (exact) mass is 266 g/mol. The highest BCUT2D eigenvalue weighted by atomic mass is 16.5. The number of hydrogen-bond acceptors (Lipinski definition) is 5. The fraction of sp³-hybridized carbons (Fsp3) is 0.385. The van der Waals surface area contributed by atoms with Gasteiger partial charge in [0, 0.05) is 0 Å². The van der Waals surface area contributed by atoms with Gasteiger partial charge in [-0.15, -0.1) is 0 Å². The zero-order valence-electron chi connectivity index (χ0n) is 11.0. The summed E-state index contributed by atoms with van der Waals surface area (Å²) in [4.78, 5) is 23.0. The first-order valence-electron chi connectivity index (χ1n) is 6.04. The van der Waals surface area contributed by atoms with Gasteiger partial charge < -0.3 is 20.9 Å².